The molecular weight excluding hydrogens is 378 g/mol. The van der Waals surface area contributed by atoms with Crippen LogP contribution in [0.2, 0.25) is 0 Å². The van der Waals surface area contributed by atoms with Crippen molar-refractivity contribution < 1.29 is 9.59 Å². The number of amides is 2. The molecule has 0 saturated carbocycles. The average molecular weight is 406 g/mol. The standard InChI is InChI=1S/C20H27N3O2S2/c1-15(10-19(21)24)22-6-2-18(3-7-22)23(12-17-5-9-27-14-17)20(25)11-16-4-8-26-13-16/h4-5,8-9,13-15,18H,2-3,6-7,10-12H2,1H3,(H2,21,24). The van der Waals surface area contributed by atoms with Gasteiger partial charge in [-0.2, -0.15) is 22.7 Å². The summed E-state index contributed by atoms with van der Waals surface area (Å²) >= 11 is 3.30. The third kappa shape index (κ3) is 5.64. The van der Waals surface area contributed by atoms with Crippen LogP contribution in [0, 0.1) is 0 Å². The van der Waals surface area contributed by atoms with Gasteiger partial charge in [-0.15, -0.1) is 0 Å². The number of thiophene rings is 2. The lowest BCUT2D eigenvalue weighted by Crippen LogP contribution is -2.49. The molecule has 0 spiro atoms. The van der Waals surface area contributed by atoms with E-state index in [2.05, 4.69) is 38.9 Å². The second-order valence-electron chi connectivity index (χ2n) is 7.25. The molecule has 5 nitrogen and oxygen atoms in total. The molecule has 0 aliphatic carbocycles. The lowest BCUT2D eigenvalue weighted by molar-refractivity contribution is -0.134. The van der Waals surface area contributed by atoms with E-state index in [0.29, 0.717) is 19.4 Å². The number of hydrogen-bond acceptors (Lipinski definition) is 5. The maximum Gasteiger partial charge on any atom is 0.227 e. The van der Waals surface area contributed by atoms with Crippen molar-refractivity contribution in [2.75, 3.05) is 13.1 Å². The largest absolute Gasteiger partial charge is 0.370 e. The SMILES string of the molecule is CC(CC(N)=O)N1CCC(N(Cc2ccsc2)C(=O)Cc2ccsc2)CC1. The van der Waals surface area contributed by atoms with Gasteiger partial charge in [0.15, 0.2) is 0 Å². The fraction of sp³-hybridized carbons (Fsp3) is 0.500. The Hall–Kier alpha value is -1.70. The van der Waals surface area contributed by atoms with E-state index in [1.807, 2.05) is 11.4 Å². The maximum absolute atomic E-state index is 13.1. The topological polar surface area (TPSA) is 66.6 Å². The Morgan fingerprint density at radius 1 is 1.19 bits per heavy atom. The molecule has 0 bridgehead atoms. The first-order valence-corrected chi connectivity index (χ1v) is 11.3. The molecule has 1 unspecified atom stereocenters. The van der Waals surface area contributed by atoms with Crippen molar-refractivity contribution in [3.8, 4) is 0 Å². The average Bonchev–Trinajstić information content (AvgIpc) is 3.33. The number of carbonyl (C=O) groups is 2. The highest BCUT2D eigenvalue weighted by Gasteiger charge is 2.30. The summed E-state index contributed by atoms with van der Waals surface area (Å²) in [5, 5.41) is 8.25. The molecule has 1 aliphatic rings. The predicted molar refractivity (Wildman–Crippen MR) is 111 cm³/mol. The van der Waals surface area contributed by atoms with Crippen molar-refractivity contribution >= 4 is 34.5 Å². The molecule has 2 aromatic heterocycles. The molecule has 0 aromatic carbocycles. The quantitative estimate of drug-likeness (QED) is 0.734. The monoisotopic (exact) mass is 405 g/mol. The van der Waals surface area contributed by atoms with Crippen molar-refractivity contribution in [2.24, 2.45) is 5.73 Å². The van der Waals surface area contributed by atoms with E-state index in [1.165, 1.54) is 5.56 Å². The summed E-state index contributed by atoms with van der Waals surface area (Å²) in [6.45, 7) is 4.51. The van der Waals surface area contributed by atoms with E-state index >= 15 is 0 Å². The van der Waals surface area contributed by atoms with E-state index in [1.54, 1.807) is 22.7 Å². The fourth-order valence-corrected chi connectivity index (χ4v) is 5.06. The van der Waals surface area contributed by atoms with Gasteiger partial charge in [-0.25, -0.2) is 0 Å². The van der Waals surface area contributed by atoms with E-state index in [-0.39, 0.29) is 23.9 Å². The number of carbonyl (C=O) groups excluding carboxylic acids is 2. The summed E-state index contributed by atoms with van der Waals surface area (Å²) in [5.41, 5.74) is 7.63. The van der Waals surface area contributed by atoms with Gasteiger partial charge < -0.3 is 10.6 Å². The van der Waals surface area contributed by atoms with Crippen molar-refractivity contribution in [2.45, 2.75) is 51.2 Å². The van der Waals surface area contributed by atoms with Crippen LogP contribution >= 0.6 is 22.7 Å². The number of hydrogen-bond donors (Lipinski definition) is 1. The second-order valence-corrected chi connectivity index (χ2v) is 8.81. The molecule has 3 heterocycles. The van der Waals surface area contributed by atoms with Crippen LogP contribution < -0.4 is 5.73 Å². The van der Waals surface area contributed by atoms with Gasteiger partial charge in [-0.1, -0.05) is 0 Å². The Kier molecular flexibility index (Phi) is 7.04. The molecule has 2 amide bonds. The zero-order valence-corrected chi connectivity index (χ0v) is 17.3. The Morgan fingerprint density at radius 3 is 2.37 bits per heavy atom. The van der Waals surface area contributed by atoms with Crippen LogP contribution in [-0.4, -0.2) is 46.8 Å². The summed E-state index contributed by atoms with van der Waals surface area (Å²) in [6.07, 6.45) is 2.72. The number of nitrogens with two attached hydrogens (primary N) is 1. The summed E-state index contributed by atoms with van der Waals surface area (Å²) < 4.78 is 0. The van der Waals surface area contributed by atoms with Crippen LogP contribution in [-0.2, 0) is 22.6 Å². The van der Waals surface area contributed by atoms with Gasteiger partial charge in [0.1, 0.15) is 0 Å². The summed E-state index contributed by atoms with van der Waals surface area (Å²) in [4.78, 5) is 28.6. The van der Waals surface area contributed by atoms with Gasteiger partial charge in [-0.3, -0.25) is 14.5 Å². The minimum atomic E-state index is -0.255. The highest BCUT2D eigenvalue weighted by molar-refractivity contribution is 7.08. The van der Waals surface area contributed by atoms with Gasteiger partial charge in [0.25, 0.3) is 0 Å². The third-order valence-corrected chi connectivity index (χ3v) is 6.71. The van der Waals surface area contributed by atoms with E-state index in [0.717, 1.165) is 31.5 Å². The van der Waals surface area contributed by atoms with Crippen LogP contribution in [0.1, 0.15) is 37.3 Å². The minimum Gasteiger partial charge on any atom is -0.370 e. The number of rotatable bonds is 8. The van der Waals surface area contributed by atoms with Gasteiger partial charge in [-0.05, 0) is 64.5 Å². The summed E-state index contributed by atoms with van der Waals surface area (Å²) in [7, 11) is 0. The molecule has 27 heavy (non-hydrogen) atoms. The highest BCUT2D eigenvalue weighted by Crippen LogP contribution is 2.23. The van der Waals surface area contributed by atoms with E-state index in [4.69, 9.17) is 5.73 Å². The smallest absolute Gasteiger partial charge is 0.227 e. The van der Waals surface area contributed by atoms with Crippen molar-refractivity contribution in [1.82, 2.24) is 9.80 Å². The Labute approximate surface area is 168 Å². The van der Waals surface area contributed by atoms with Gasteiger partial charge >= 0.3 is 0 Å². The van der Waals surface area contributed by atoms with Crippen LogP contribution in [0.5, 0.6) is 0 Å². The molecule has 1 aliphatic heterocycles. The van der Waals surface area contributed by atoms with Crippen molar-refractivity contribution in [3.05, 3.63) is 44.8 Å². The highest BCUT2D eigenvalue weighted by atomic mass is 32.1. The lowest BCUT2D eigenvalue weighted by atomic mass is 9.99. The zero-order valence-electron chi connectivity index (χ0n) is 15.7. The van der Waals surface area contributed by atoms with Crippen LogP contribution in [0.4, 0.5) is 0 Å². The van der Waals surface area contributed by atoms with Crippen molar-refractivity contribution in [1.29, 1.82) is 0 Å². The fourth-order valence-electron chi connectivity index (χ4n) is 3.73. The van der Waals surface area contributed by atoms with Gasteiger partial charge in [0.2, 0.25) is 11.8 Å². The molecule has 0 radical (unpaired) electrons. The summed E-state index contributed by atoms with van der Waals surface area (Å²) in [5.74, 6) is -0.0575. The Morgan fingerprint density at radius 2 is 1.81 bits per heavy atom. The normalized spacial score (nSPS) is 16.9. The molecular formula is C20H27N3O2S2. The lowest BCUT2D eigenvalue weighted by Gasteiger charge is -2.40. The zero-order chi connectivity index (χ0) is 19.2. The summed E-state index contributed by atoms with van der Waals surface area (Å²) in [6, 6.07) is 4.53. The van der Waals surface area contributed by atoms with Gasteiger partial charge in [0, 0.05) is 38.1 Å². The molecule has 2 aromatic rings. The first-order chi connectivity index (χ1) is 13.0. The Bertz CT molecular complexity index is 723. The Balaban J connectivity index is 1.64. The number of likely N-dealkylation sites (tertiary alicyclic amines) is 1. The van der Waals surface area contributed by atoms with E-state index in [9.17, 15) is 9.59 Å². The molecule has 2 N–H and O–H groups in total. The van der Waals surface area contributed by atoms with Crippen LogP contribution in [0.15, 0.2) is 33.7 Å². The predicted octanol–water partition coefficient (Wildman–Crippen LogP) is 3.11. The minimum absolute atomic E-state index is 0.162. The maximum atomic E-state index is 13.1. The van der Waals surface area contributed by atoms with Crippen LogP contribution in [0.25, 0.3) is 0 Å². The number of primary amides is 1. The van der Waals surface area contributed by atoms with Gasteiger partial charge in [0.05, 0.1) is 6.42 Å². The molecule has 3 rings (SSSR count). The van der Waals surface area contributed by atoms with Crippen LogP contribution in [0.3, 0.4) is 0 Å². The van der Waals surface area contributed by atoms with Crippen molar-refractivity contribution in [3.63, 3.8) is 0 Å². The molecule has 1 saturated heterocycles. The first kappa shape index (κ1) is 20.0. The third-order valence-electron chi connectivity index (χ3n) is 5.25. The number of piperidine rings is 1. The molecule has 1 atom stereocenters. The second kappa shape index (κ2) is 9.48. The molecule has 146 valence electrons. The molecule has 7 heteroatoms. The first-order valence-electron chi connectivity index (χ1n) is 9.37. The van der Waals surface area contributed by atoms with E-state index < -0.39 is 0 Å². The number of nitrogens with zero attached hydrogens (tertiary/aromatic N) is 2. The molecule has 1 fully saturated rings.